The molecule has 2 aromatic carbocycles. The van der Waals surface area contributed by atoms with Crippen molar-refractivity contribution in [2.75, 3.05) is 44.8 Å². The number of amides is 1. The highest BCUT2D eigenvalue weighted by molar-refractivity contribution is 7.26. The molecular weight excluding hydrogens is 331 g/mol. The molecule has 1 saturated heterocycles. The quantitative estimate of drug-likeness (QED) is 0.672. The molecule has 3 aromatic rings. The number of fused-ring (bicyclic) bond motifs is 3. The maximum absolute atomic E-state index is 12.6. The zero-order chi connectivity index (χ0) is 17.4. The topological polar surface area (TPSA) is 32.8 Å². The van der Waals surface area contributed by atoms with Gasteiger partial charge in [-0.2, -0.15) is 0 Å². The largest absolute Gasteiger partial charge is 0.379 e. The molecule has 0 saturated carbocycles. The van der Waals surface area contributed by atoms with E-state index in [0.29, 0.717) is 19.8 Å². The van der Waals surface area contributed by atoms with Gasteiger partial charge in [0.15, 0.2) is 0 Å². The molecule has 0 unspecified atom stereocenters. The van der Waals surface area contributed by atoms with Gasteiger partial charge in [-0.25, -0.2) is 0 Å². The Morgan fingerprint density at radius 1 is 1.24 bits per heavy atom. The highest BCUT2D eigenvalue weighted by atomic mass is 32.1. The minimum absolute atomic E-state index is 0.122. The lowest BCUT2D eigenvalue weighted by Crippen LogP contribution is -2.43. The van der Waals surface area contributed by atoms with Crippen molar-refractivity contribution in [3.8, 4) is 0 Å². The lowest BCUT2D eigenvalue weighted by atomic mass is 9.94. The summed E-state index contributed by atoms with van der Waals surface area (Å²) in [4.78, 5) is 16.6. The van der Waals surface area contributed by atoms with Crippen molar-refractivity contribution in [3.63, 3.8) is 0 Å². The summed E-state index contributed by atoms with van der Waals surface area (Å²) in [6, 6.07) is 12.7. The maximum atomic E-state index is 12.6. The second-order valence-corrected chi connectivity index (χ2v) is 7.63. The highest BCUT2D eigenvalue weighted by Crippen LogP contribution is 2.34. The Morgan fingerprint density at radius 2 is 2.04 bits per heavy atom. The van der Waals surface area contributed by atoms with Crippen LogP contribution < -0.4 is 10.4 Å². The van der Waals surface area contributed by atoms with Gasteiger partial charge in [0.05, 0.1) is 19.8 Å². The third-order valence-electron chi connectivity index (χ3n) is 4.90. The minimum atomic E-state index is 0.122. The van der Waals surface area contributed by atoms with Gasteiger partial charge >= 0.3 is 0 Å². The van der Waals surface area contributed by atoms with E-state index in [1.165, 1.54) is 25.6 Å². The second-order valence-electron chi connectivity index (χ2n) is 6.58. The second kappa shape index (κ2) is 6.79. The first-order valence-corrected chi connectivity index (χ1v) is 9.43. The summed E-state index contributed by atoms with van der Waals surface area (Å²) < 4.78 is 7.95. The molecule has 1 amide bonds. The molecule has 0 aliphatic carbocycles. The molecule has 4 nitrogen and oxygen atoms in total. The molecule has 1 aliphatic heterocycles. The van der Waals surface area contributed by atoms with Gasteiger partial charge in [0.2, 0.25) is 5.91 Å². The zero-order valence-corrected chi connectivity index (χ0v) is 15.4. The number of carbonyl (C=O) groups is 1. The van der Waals surface area contributed by atoms with E-state index in [1.807, 2.05) is 24.5 Å². The Morgan fingerprint density at radius 3 is 2.84 bits per heavy atom. The van der Waals surface area contributed by atoms with Crippen molar-refractivity contribution >= 4 is 56.4 Å². The average Bonchev–Trinajstić information content (AvgIpc) is 3.01. The average molecular weight is 352 g/mol. The van der Waals surface area contributed by atoms with E-state index in [0.717, 1.165) is 18.8 Å². The fourth-order valence-corrected chi connectivity index (χ4v) is 4.49. The maximum Gasteiger partial charge on any atom is 0.240 e. The van der Waals surface area contributed by atoms with E-state index < -0.39 is 0 Å². The monoisotopic (exact) mass is 352 g/mol. The van der Waals surface area contributed by atoms with Crippen molar-refractivity contribution in [2.45, 2.75) is 0 Å². The van der Waals surface area contributed by atoms with E-state index >= 15 is 0 Å². The number of thiophene rings is 1. The van der Waals surface area contributed by atoms with Crippen molar-refractivity contribution in [3.05, 3.63) is 36.4 Å². The Hall–Kier alpha value is -1.89. The number of anilines is 1. The number of morpholine rings is 1. The predicted octanol–water partition coefficient (Wildman–Crippen LogP) is 1.61. The van der Waals surface area contributed by atoms with Gasteiger partial charge in [-0.15, -0.1) is 11.3 Å². The van der Waals surface area contributed by atoms with Crippen LogP contribution in [0.4, 0.5) is 5.69 Å². The van der Waals surface area contributed by atoms with Crippen LogP contribution in [0.2, 0.25) is 0 Å². The minimum Gasteiger partial charge on any atom is -0.379 e. The summed E-state index contributed by atoms with van der Waals surface area (Å²) in [5.74, 6) is 0.122. The van der Waals surface area contributed by atoms with Crippen LogP contribution in [0, 0.1) is 0 Å². The molecule has 1 aromatic heterocycles. The molecule has 0 bridgehead atoms. The number of rotatable bonds is 3. The molecular formula is C19H21BN2O2S. The van der Waals surface area contributed by atoms with Crippen LogP contribution in [-0.4, -0.2) is 58.5 Å². The van der Waals surface area contributed by atoms with E-state index in [2.05, 4.69) is 43.1 Å². The smallest absolute Gasteiger partial charge is 0.240 e. The van der Waals surface area contributed by atoms with Gasteiger partial charge in [-0.3, -0.25) is 9.69 Å². The fraction of sp³-hybridized carbons (Fsp3) is 0.316. The van der Waals surface area contributed by atoms with E-state index in [-0.39, 0.29) is 5.91 Å². The normalized spacial score (nSPS) is 15.7. The van der Waals surface area contributed by atoms with Crippen LogP contribution in [-0.2, 0) is 9.53 Å². The molecule has 1 fully saturated rings. The molecule has 4 rings (SSSR count). The first kappa shape index (κ1) is 16.6. The van der Waals surface area contributed by atoms with Gasteiger partial charge in [-0.05, 0) is 23.6 Å². The van der Waals surface area contributed by atoms with E-state index in [4.69, 9.17) is 4.74 Å². The Balaban J connectivity index is 1.63. The third-order valence-corrected chi connectivity index (χ3v) is 6.22. The van der Waals surface area contributed by atoms with Crippen molar-refractivity contribution in [1.29, 1.82) is 0 Å². The Bertz CT molecular complexity index is 934. The standard InChI is InChI=1S/C19H21BN2O2S/c1-21(18(23)12-22-7-9-24-10-8-22)13-5-6-17-15(11-13)14-3-2-4-16(20)19(14)25-17/h2-6,11H,7-10,12,20H2,1H3. The molecule has 6 heteroatoms. The molecule has 0 radical (unpaired) electrons. The summed E-state index contributed by atoms with van der Waals surface area (Å²) in [6.45, 7) is 3.52. The zero-order valence-electron chi connectivity index (χ0n) is 14.6. The summed E-state index contributed by atoms with van der Waals surface area (Å²) in [7, 11) is 4.01. The van der Waals surface area contributed by atoms with E-state index in [9.17, 15) is 4.79 Å². The first-order valence-electron chi connectivity index (χ1n) is 8.62. The highest BCUT2D eigenvalue weighted by Gasteiger charge is 2.18. The number of carbonyl (C=O) groups excluding carboxylic acids is 1. The summed E-state index contributed by atoms with van der Waals surface area (Å²) in [5, 5.41) is 2.50. The molecule has 0 N–H and O–H groups in total. The predicted molar refractivity (Wildman–Crippen MR) is 108 cm³/mol. The molecule has 128 valence electrons. The fourth-order valence-electron chi connectivity index (χ4n) is 3.34. The number of ether oxygens (including phenoxy) is 1. The molecule has 0 spiro atoms. The molecule has 2 heterocycles. The van der Waals surface area contributed by atoms with Crippen molar-refractivity contribution < 1.29 is 9.53 Å². The molecule has 25 heavy (non-hydrogen) atoms. The number of benzene rings is 2. The van der Waals surface area contributed by atoms with Gasteiger partial charge in [0.25, 0.3) is 0 Å². The van der Waals surface area contributed by atoms with Crippen LogP contribution in [0.25, 0.3) is 20.2 Å². The van der Waals surface area contributed by atoms with Crippen molar-refractivity contribution in [1.82, 2.24) is 4.90 Å². The SMILES string of the molecule is Bc1cccc2c1sc1ccc(N(C)C(=O)CN3CCOCC3)cc12. The first-order chi connectivity index (χ1) is 12.1. The molecule has 0 atom stereocenters. The number of hydrogen-bond donors (Lipinski definition) is 0. The lowest BCUT2D eigenvalue weighted by Gasteiger charge is -2.28. The Labute approximate surface area is 152 Å². The third kappa shape index (κ3) is 3.17. The summed E-state index contributed by atoms with van der Waals surface area (Å²) in [5.41, 5.74) is 2.25. The van der Waals surface area contributed by atoms with Gasteiger partial charge < -0.3 is 9.64 Å². The van der Waals surface area contributed by atoms with Crippen LogP contribution in [0.15, 0.2) is 36.4 Å². The summed E-state index contributed by atoms with van der Waals surface area (Å²) in [6.07, 6.45) is 0. The van der Waals surface area contributed by atoms with Crippen molar-refractivity contribution in [2.24, 2.45) is 0 Å². The van der Waals surface area contributed by atoms with Crippen LogP contribution >= 0.6 is 11.3 Å². The van der Waals surface area contributed by atoms with Crippen LogP contribution in [0.1, 0.15) is 0 Å². The lowest BCUT2D eigenvalue weighted by molar-refractivity contribution is -0.120. The van der Waals surface area contributed by atoms with E-state index in [1.54, 1.807) is 4.90 Å². The van der Waals surface area contributed by atoms with Gasteiger partial charge in [-0.1, -0.05) is 23.7 Å². The van der Waals surface area contributed by atoms with Gasteiger partial charge in [0.1, 0.15) is 7.85 Å². The summed E-state index contributed by atoms with van der Waals surface area (Å²) >= 11 is 1.82. The van der Waals surface area contributed by atoms with Gasteiger partial charge in [0, 0.05) is 40.6 Å². The number of likely N-dealkylation sites (N-methyl/N-ethyl adjacent to an activating group) is 1. The number of hydrogen-bond acceptors (Lipinski definition) is 4. The van der Waals surface area contributed by atoms with Crippen LogP contribution in [0.3, 0.4) is 0 Å². The number of nitrogens with zero attached hydrogens (tertiary/aromatic N) is 2. The Kier molecular flexibility index (Phi) is 4.50. The molecule has 1 aliphatic rings. The van der Waals surface area contributed by atoms with Crippen LogP contribution in [0.5, 0.6) is 0 Å².